The molecule has 1 N–H and O–H groups in total. The average Bonchev–Trinajstić information content (AvgIpc) is 2.86. The van der Waals surface area contributed by atoms with Gasteiger partial charge in [-0.05, 0) is 32.7 Å². The van der Waals surface area contributed by atoms with E-state index in [1.807, 2.05) is 0 Å². The van der Waals surface area contributed by atoms with Crippen molar-refractivity contribution in [1.29, 1.82) is 0 Å². The van der Waals surface area contributed by atoms with Crippen LogP contribution in [0.25, 0.3) is 0 Å². The van der Waals surface area contributed by atoms with Crippen LogP contribution in [0, 0.1) is 0 Å². The van der Waals surface area contributed by atoms with Crippen molar-refractivity contribution < 1.29 is 5.11 Å². The second-order valence-corrected chi connectivity index (χ2v) is 4.32. The van der Waals surface area contributed by atoms with Gasteiger partial charge in [-0.25, -0.2) is 0 Å². The quantitative estimate of drug-likeness (QED) is 0.675. The molecule has 2 saturated carbocycles. The van der Waals surface area contributed by atoms with Gasteiger partial charge in [0.05, 0.1) is 6.10 Å². The predicted molar refractivity (Wildman–Crippen MR) is 49.0 cm³/mol. The maximum Gasteiger partial charge on any atom is 0.0695 e. The minimum Gasteiger partial charge on any atom is -0.391 e. The highest BCUT2D eigenvalue weighted by atomic mass is 16.3. The van der Waals surface area contributed by atoms with Crippen LogP contribution in [0.3, 0.4) is 0 Å². The van der Waals surface area contributed by atoms with Crippen molar-refractivity contribution in [3.63, 3.8) is 0 Å². The summed E-state index contributed by atoms with van der Waals surface area (Å²) in [4.78, 5) is 2.41. The van der Waals surface area contributed by atoms with Gasteiger partial charge in [-0.1, -0.05) is 12.8 Å². The van der Waals surface area contributed by atoms with Crippen LogP contribution in [0.1, 0.15) is 38.5 Å². The van der Waals surface area contributed by atoms with Crippen LogP contribution in [0.4, 0.5) is 0 Å². The second-order valence-electron chi connectivity index (χ2n) is 4.32. The molecule has 70 valence electrons. The molecule has 2 rings (SSSR count). The molecule has 0 radical (unpaired) electrons. The Balaban J connectivity index is 1.90. The molecule has 0 bridgehead atoms. The first-order valence-corrected chi connectivity index (χ1v) is 5.19. The lowest BCUT2D eigenvalue weighted by Crippen LogP contribution is -2.44. The Morgan fingerprint density at radius 1 is 1.08 bits per heavy atom. The third kappa shape index (κ3) is 1.64. The minimum atomic E-state index is -0.0515. The molecule has 0 spiro atoms. The van der Waals surface area contributed by atoms with Gasteiger partial charge in [-0.2, -0.15) is 0 Å². The van der Waals surface area contributed by atoms with Gasteiger partial charge in [0, 0.05) is 12.1 Å². The summed E-state index contributed by atoms with van der Waals surface area (Å²) in [5.41, 5.74) is 0. The smallest absolute Gasteiger partial charge is 0.0695 e. The zero-order valence-corrected chi connectivity index (χ0v) is 7.87. The van der Waals surface area contributed by atoms with E-state index in [1.54, 1.807) is 0 Å². The highest BCUT2D eigenvalue weighted by molar-refractivity contribution is 4.90. The Kier molecular flexibility index (Phi) is 2.37. The fraction of sp³-hybridized carbons (Fsp3) is 1.00. The van der Waals surface area contributed by atoms with Crippen LogP contribution in [0.5, 0.6) is 0 Å². The average molecular weight is 169 g/mol. The van der Waals surface area contributed by atoms with E-state index < -0.39 is 0 Å². The van der Waals surface area contributed by atoms with Crippen LogP contribution >= 0.6 is 0 Å². The molecule has 2 nitrogen and oxygen atoms in total. The number of hydrogen-bond acceptors (Lipinski definition) is 2. The molecule has 2 unspecified atom stereocenters. The van der Waals surface area contributed by atoms with Gasteiger partial charge >= 0.3 is 0 Å². The summed E-state index contributed by atoms with van der Waals surface area (Å²) in [5, 5.41) is 9.77. The fourth-order valence-corrected chi connectivity index (χ4v) is 2.32. The number of likely N-dealkylation sites (N-methyl/N-ethyl adjacent to an activating group) is 1. The normalized spacial score (nSPS) is 37.2. The predicted octanol–water partition coefficient (Wildman–Crippen LogP) is 1.38. The highest BCUT2D eigenvalue weighted by Crippen LogP contribution is 2.32. The molecule has 0 aliphatic heterocycles. The van der Waals surface area contributed by atoms with E-state index >= 15 is 0 Å². The van der Waals surface area contributed by atoms with Crippen molar-refractivity contribution in [1.82, 2.24) is 4.90 Å². The van der Waals surface area contributed by atoms with Crippen molar-refractivity contribution in [3.05, 3.63) is 0 Å². The Labute approximate surface area is 74.6 Å². The zero-order valence-electron chi connectivity index (χ0n) is 7.87. The lowest BCUT2D eigenvalue weighted by atomic mass is 9.91. The number of aliphatic hydroxyl groups excluding tert-OH is 1. The summed E-state index contributed by atoms with van der Waals surface area (Å²) in [7, 11) is 2.18. The van der Waals surface area contributed by atoms with E-state index in [0.29, 0.717) is 6.04 Å². The minimum absolute atomic E-state index is 0.0515. The van der Waals surface area contributed by atoms with Gasteiger partial charge in [0.15, 0.2) is 0 Å². The van der Waals surface area contributed by atoms with Crippen LogP contribution in [0.2, 0.25) is 0 Å². The van der Waals surface area contributed by atoms with E-state index in [1.165, 1.54) is 32.1 Å². The lowest BCUT2D eigenvalue weighted by molar-refractivity contribution is 0.0286. The summed E-state index contributed by atoms with van der Waals surface area (Å²) in [6.45, 7) is 0. The summed E-state index contributed by atoms with van der Waals surface area (Å²) in [6.07, 6.45) is 7.38. The first-order chi connectivity index (χ1) is 5.79. The highest BCUT2D eigenvalue weighted by Gasteiger charge is 2.35. The van der Waals surface area contributed by atoms with E-state index in [9.17, 15) is 5.11 Å². The van der Waals surface area contributed by atoms with Crippen molar-refractivity contribution in [2.75, 3.05) is 7.05 Å². The maximum atomic E-state index is 9.77. The molecule has 2 fully saturated rings. The Morgan fingerprint density at radius 2 is 1.75 bits per heavy atom. The van der Waals surface area contributed by atoms with Gasteiger partial charge in [0.1, 0.15) is 0 Å². The molecule has 2 atom stereocenters. The van der Waals surface area contributed by atoms with E-state index in [0.717, 1.165) is 12.5 Å². The molecular weight excluding hydrogens is 150 g/mol. The van der Waals surface area contributed by atoms with Crippen molar-refractivity contribution in [2.24, 2.45) is 0 Å². The molecule has 2 aliphatic rings. The maximum absolute atomic E-state index is 9.77. The Morgan fingerprint density at radius 3 is 2.33 bits per heavy atom. The molecule has 12 heavy (non-hydrogen) atoms. The molecule has 0 aromatic rings. The summed E-state index contributed by atoms with van der Waals surface area (Å²) in [5.74, 6) is 0. The largest absolute Gasteiger partial charge is 0.391 e. The fourth-order valence-electron chi connectivity index (χ4n) is 2.32. The number of aliphatic hydroxyl groups is 1. The van der Waals surface area contributed by atoms with E-state index in [4.69, 9.17) is 0 Å². The van der Waals surface area contributed by atoms with Gasteiger partial charge in [-0.3, -0.25) is 4.90 Å². The third-order valence-corrected chi connectivity index (χ3v) is 3.34. The molecule has 0 aromatic heterocycles. The number of hydrogen-bond donors (Lipinski definition) is 1. The first kappa shape index (κ1) is 8.52. The lowest BCUT2D eigenvalue weighted by Gasteiger charge is -2.35. The summed E-state index contributed by atoms with van der Waals surface area (Å²) in [6, 6.07) is 1.26. The zero-order chi connectivity index (χ0) is 8.55. The van der Waals surface area contributed by atoms with Gasteiger partial charge in [0.2, 0.25) is 0 Å². The molecule has 0 saturated heterocycles. The van der Waals surface area contributed by atoms with Crippen LogP contribution in [-0.2, 0) is 0 Å². The standard InChI is InChI=1S/C10H19NO/c1-11(8-6-7-8)9-4-2-3-5-10(9)12/h8-10,12H,2-7H2,1H3. The topological polar surface area (TPSA) is 23.5 Å². The van der Waals surface area contributed by atoms with Crippen LogP contribution in [-0.4, -0.2) is 35.2 Å². The summed E-state index contributed by atoms with van der Waals surface area (Å²) < 4.78 is 0. The van der Waals surface area contributed by atoms with Gasteiger partial charge in [0.25, 0.3) is 0 Å². The third-order valence-electron chi connectivity index (χ3n) is 3.34. The van der Waals surface area contributed by atoms with Gasteiger partial charge < -0.3 is 5.11 Å². The SMILES string of the molecule is CN(C1CC1)C1CCCCC1O. The van der Waals surface area contributed by atoms with Crippen molar-refractivity contribution in [2.45, 2.75) is 56.7 Å². The Hall–Kier alpha value is -0.0800. The van der Waals surface area contributed by atoms with Crippen LogP contribution in [0.15, 0.2) is 0 Å². The first-order valence-electron chi connectivity index (χ1n) is 5.19. The number of nitrogens with zero attached hydrogens (tertiary/aromatic N) is 1. The molecule has 0 amide bonds. The van der Waals surface area contributed by atoms with E-state index in [2.05, 4.69) is 11.9 Å². The molecule has 2 aliphatic carbocycles. The van der Waals surface area contributed by atoms with Crippen molar-refractivity contribution in [3.8, 4) is 0 Å². The Bertz CT molecular complexity index is 156. The molecule has 2 heteroatoms. The molecule has 0 heterocycles. The van der Waals surface area contributed by atoms with Gasteiger partial charge in [-0.15, -0.1) is 0 Å². The van der Waals surface area contributed by atoms with E-state index in [-0.39, 0.29) is 6.10 Å². The second kappa shape index (κ2) is 3.35. The summed E-state index contributed by atoms with van der Waals surface area (Å²) >= 11 is 0. The molecule has 0 aromatic carbocycles. The monoisotopic (exact) mass is 169 g/mol. The van der Waals surface area contributed by atoms with Crippen LogP contribution < -0.4 is 0 Å². The van der Waals surface area contributed by atoms with Crippen molar-refractivity contribution >= 4 is 0 Å². The number of rotatable bonds is 2. The molecular formula is C10H19NO.